The van der Waals surface area contributed by atoms with E-state index in [9.17, 15) is 10.5 Å². The first-order valence-electron chi connectivity index (χ1n) is 12.5. The van der Waals surface area contributed by atoms with Crippen LogP contribution in [0.3, 0.4) is 0 Å². The van der Waals surface area contributed by atoms with Gasteiger partial charge in [-0.1, -0.05) is 18.2 Å². The maximum Gasteiger partial charge on any atom is 0.161 e. The van der Waals surface area contributed by atoms with Gasteiger partial charge in [-0.05, 0) is 53.4 Å². The van der Waals surface area contributed by atoms with Crippen LogP contribution in [0.25, 0.3) is 11.0 Å². The summed E-state index contributed by atoms with van der Waals surface area (Å²) in [5.41, 5.74) is 4.91. The summed E-state index contributed by atoms with van der Waals surface area (Å²) in [6.07, 6.45) is 2.27. The predicted octanol–water partition coefficient (Wildman–Crippen LogP) is 4.40. The molecular weight excluding hydrogens is 494 g/mol. The summed E-state index contributed by atoms with van der Waals surface area (Å²) in [6.45, 7) is 3.05. The van der Waals surface area contributed by atoms with E-state index in [4.69, 9.17) is 23.9 Å². The molecule has 1 aromatic heterocycles. The quantitative estimate of drug-likeness (QED) is 0.333. The molecule has 39 heavy (non-hydrogen) atoms. The van der Waals surface area contributed by atoms with Crippen molar-refractivity contribution < 1.29 is 18.9 Å². The molecule has 0 amide bonds. The van der Waals surface area contributed by atoms with Gasteiger partial charge < -0.3 is 23.8 Å². The Morgan fingerprint density at radius 2 is 1.67 bits per heavy atom. The minimum Gasteiger partial charge on any atom is -0.495 e. The van der Waals surface area contributed by atoms with Gasteiger partial charge in [0, 0.05) is 13.1 Å². The molecule has 1 fully saturated rings. The zero-order valence-corrected chi connectivity index (χ0v) is 21.8. The summed E-state index contributed by atoms with van der Waals surface area (Å²) in [7, 11) is 3.12. The highest BCUT2D eigenvalue weighted by Crippen LogP contribution is 2.31. The summed E-state index contributed by atoms with van der Waals surface area (Å²) >= 11 is 0. The number of aromatic nitrogens is 2. The second-order valence-corrected chi connectivity index (χ2v) is 9.00. The van der Waals surface area contributed by atoms with Crippen LogP contribution < -0.4 is 19.1 Å². The first-order valence-corrected chi connectivity index (χ1v) is 12.5. The fraction of sp³-hybridized carbons (Fsp3) is 0.267. The van der Waals surface area contributed by atoms with Crippen LogP contribution in [0, 0.1) is 22.7 Å². The van der Waals surface area contributed by atoms with Crippen molar-refractivity contribution in [2.45, 2.75) is 13.0 Å². The molecule has 196 valence electrons. The van der Waals surface area contributed by atoms with Crippen LogP contribution in [0.15, 0.2) is 54.7 Å². The summed E-state index contributed by atoms with van der Waals surface area (Å²) in [4.78, 5) is 11.5. The van der Waals surface area contributed by atoms with Crippen LogP contribution in [0.5, 0.6) is 17.2 Å². The lowest BCUT2D eigenvalue weighted by molar-refractivity contribution is 0.122. The number of anilines is 1. The van der Waals surface area contributed by atoms with E-state index < -0.39 is 0 Å². The fourth-order valence-corrected chi connectivity index (χ4v) is 4.58. The van der Waals surface area contributed by atoms with Crippen molar-refractivity contribution in [2.24, 2.45) is 0 Å². The van der Waals surface area contributed by atoms with E-state index in [1.807, 2.05) is 36.4 Å². The Hall–Kier alpha value is -4.86. The van der Waals surface area contributed by atoms with Crippen molar-refractivity contribution >= 4 is 16.9 Å². The topological polar surface area (TPSA) is 114 Å². The van der Waals surface area contributed by atoms with E-state index in [-0.39, 0.29) is 6.61 Å². The summed E-state index contributed by atoms with van der Waals surface area (Å²) in [5.74, 6) is 2.43. The standard InChI is InChI=1S/C30H27N5O4/c1-36-26-7-4-21(14-23(26)16-31)19-39-27-8-3-20(15-28(27)37-2)13-22-5-6-25-30(24(22)17-32)34-29(18-33-25)35-9-11-38-12-10-35/h3-8,14-15,18H,9-13,19H2,1-2H3. The molecule has 0 saturated carbocycles. The maximum absolute atomic E-state index is 10.1. The molecule has 0 aliphatic carbocycles. The third-order valence-electron chi connectivity index (χ3n) is 6.64. The lowest BCUT2D eigenvalue weighted by atomic mass is 9.98. The Kier molecular flexibility index (Phi) is 7.72. The Balaban J connectivity index is 1.37. The van der Waals surface area contributed by atoms with Gasteiger partial charge in [0.1, 0.15) is 35.8 Å². The highest BCUT2D eigenvalue weighted by atomic mass is 16.5. The molecule has 2 heterocycles. The molecule has 0 atom stereocenters. The first kappa shape index (κ1) is 25.8. The smallest absolute Gasteiger partial charge is 0.161 e. The molecule has 0 unspecified atom stereocenters. The minimum absolute atomic E-state index is 0.266. The second kappa shape index (κ2) is 11.7. The zero-order chi connectivity index (χ0) is 27.2. The predicted molar refractivity (Wildman–Crippen MR) is 145 cm³/mol. The van der Waals surface area contributed by atoms with Crippen LogP contribution >= 0.6 is 0 Å². The average Bonchev–Trinajstić information content (AvgIpc) is 3.00. The van der Waals surface area contributed by atoms with E-state index in [2.05, 4.69) is 22.0 Å². The van der Waals surface area contributed by atoms with Crippen LogP contribution in [-0.4, -0.2) is 50.5 Å². The van der Waals surface area contributed by atoms with Crippen molar-refractivity contribution in [1.82, 2.24) is 9.97 Å². The lowest BCUT2D eigenvalue weighted by Gasteiger charge is -2.27. The fourth-order valence-electron chi connectivity index (χ4n) is 4.58. The highest BCUT2D eigenvalue weighted by molar-refractivity contribution is 5.83. The van der Waals surface area contributed by atoms with Gasteiger partial charge in [-0.25, -0.2) is 4.98 Å². The summed E-state index contributed by atoms with van der Waals surface area (Å²) in [5, 5.41) is 19.4. The Bertz CT molecular complexity index is 1590. The zero-order valence-electron chi connectivity index (χ0n) is 21.8. The van der Waals surface area contributed by atoms with Crippen LogP contribution in [-0.2, 0) is 17.8 Å². The number of nitriles is 2. The Labute approximate surface area is 226 Å². The molecule has 0 spiro atoms. The monoisotopic (exact) mass is 521 g/mol. The van der Waals surface area contributed by atoms with E-state index in [0.29, 0.717) is 59.0 Å². The SMILES string of the molecule is COc1ccc(COc2ccc(Cc3ccc4ncc(N5CCOCC5)nc4c3C#N)cc2OC)cc1C#N. The first-order chi connectivity index (χ1) is 19.1. The molecule has 4 aromatic rings. The van der Waals surface area contributed by atoms with Crippen LogP contribution in [0.1, 0.15) is 27.8 Å². The molecule has 3 aromatic carbocycles. The van der Waals surface area contributed by atoms with Crippen LogP contribution in [0.4, 0.5) is 5.82 Å². The number of hydrogen-bond acceptors (Lipinski definition) is 9. The third kappa shape index (κ3) is 5.54. The number of hydrogen-bond donors (Lipinski definition) is 0. The van der Waals surface area contributed by atoms with Gasteiger partial charge in [0.05, 0.1) is 50.3 Å². The lowest BCUT2D eigenvalue weighted by Crippen LogP contribution is -2.36. The van der Waals surface area contributed by atoms with Gasteiger partial charge in [-0.2, -0.15) is 10.5 Å². The molecule has 0 bridgehead atoms. The van der Waals surface area contributed by atoms with Crippen molar-refractivity contribution in [3.05, 3.63) is 82.5 Å². The summed E-state index contributed by atoms with van der Waals surface area (Å²) < 4.78 is 22.3. The van der Waals surface area contributed by atoms with Gasteiger partial charge in [-0.15, -0.1) is 0 Å². The third-order valence-corrected chi connectivity index (χ3v) is 6.64. The number of methoxy groups -OCH3 is 2. The molecule has 5 rings (SSSR count). The molecule has 0 N–H and O–H groups in total. The number of morpholine rings is 1. The average molecular weight is 522 g/mol. The Morgan fingerprint density at radius 1 is 0.897 bits per heavy atom. The van der Waals surface area contributed by atoms with Crippen molar-refractivity contribution in [3.8, 4) is 29.4 Å². The molecule has 1 aliphatic heterocycles. The molecular formula is C30H27N5O4. The molecule has 9 heteroatoms. The van der Waals surface area contributed by atoms with E-state index in [1.165, 1.54) is 7.11 Å². The molecule has 0 radical (unpaired) electrons. The number of fused-ring (bicyclic) bond motifs is 1. The van der Waals surface area contributed by atoms with Crippen molar-refractivity contribution in [3.63, 3.8) is 0 Å². The second-order valence-electron chi connectivity index (χ2n) is 9.00. The van der Waals surface area contributed by atoms with Crippen molar-refractivity contribution in [1.29, 1.82) is 10.5 Å². The highest BCUT2D eigenvalue weighted by Gasteiger charge is 2.17. The van der Waals surface area contributed by atoms with E-state index in [1.54, 1.807) is 25.4 Å². The number of ether oxygens (including phenoxy) is 4. The van der Waals surface area contributed by atoms with Gasteiger partial charge in [-0.3, -0.25) is 4.98 Å². The molecule has 1 aliphatic rings. The number of rotatable bonds is 8. The molecule has 9 nitrogen and oxygen atoms in total. The minimum atomic E-state index is 0.266. The van der Waals surface area contributed by atoms with E-state index in [0.717, 1.165) is 35.6 Å². The van der Waals surface area contributed by atoms with E-state index >= 15 is 0 Å². The van der Waals surface area contributed by atoms with Crippen LogP contribution in [0.2, 0.25) is 0 Å². The number of nitrogens with zero attached hydrogens (tertiary/aromatic N) is 5. The molecule has 1 saturated heterocycles. The Morgan fingerprint density at radius 3 is 2.41 bits per heavy atom. The normalized spacial score (nSPS) is 13.0. The van der Waals surface area contributed by atoms with Gasteiger partial charge in [0.2, 0.25) is 0 Å². The maximum atomic E-state index is 10.1. The largest absolute Gasteiger partial charge is 0.495 e. The van der Waals surface area contributed by atoms with Gasteiger partial charge in [0.25, 0.3) is 0 Å². The van der Waals surface area contributed by atoms with Crippen molar-refractivity contribution in [2.75, 3.05) is 45.4 Å². The summed E-state index contributed by atoms with van der Waals surface area (Å²) in [6, 6.07) is 19.4. The van der Waals surface area contributed by atoms with Gasteiger partial charge >= 0.3 is 0 Å². The van der Waals surface area contributed by atoms with Gasteiger partial charge in [0.15, 0.2) is 11.5 Å². The number of benzene rings is 3.